The fourth-order valence-electron chi connectivity index (χ4n) is 4.32. The van der Waals surface area contributed by atoms with Gasteiger partial charge in [0.15, 0.2) is 0 Å². The molecule has 1 atom stereocenters. The maximum atomic E-state index is 12.9. The predicted octanol–water partition coefficient (Wildman–Crippen LogP) is 5.67. The van der Waals surface area contributed by atoms with Crippen LogP contribution in [-0.2, 0) is 20.5 Å². The van der Waals surface area contributed by atoms with Crippen LogP contribution in [0.5, 0.6) is 0 Å². The molecule has 3 rings (SSSR count). The summed E-state index contributed by atoms with van der Waals surface area (Å²) in [5, 5.41) is 4.52. The van der Waals surface area contributed by atoms with Gasteiger partial charge in [-0.15, -0.1) is 0 Å². The Morgan fingerprint density at radius 3 is 1.78 bits per heavy atom. The molecule has 6 heteroatoms. The first-order valence-corrected chi connectivity index (χ1v) is 14.6. The van der Waals surface area contributed by atoms with Crippen LogP contribution in [0.3, 0.4) is 0 Å². The Bertz CT molecular complexity index is 1140. The van der Waals surface area contributed by atoms with E-state index in [0.717, 1.165) is 15.9 Å². The molecule has 0 aromatic heterocycles. The van der Waals surface area contributed by atoms with Crippen molar-refractivity contribution < 1.29 is 21.4 Å². The minimum atomic E-state index is -2.99. The molecule has 0 heterocycles. The molecule has 0 saturated carbocycles. The van der Waals surface area contributed by atoms with Crippen LogP contribution in [0.15, 0.2) is 91.0 Å². The average Bonchev–Trinajstić information content (AvgIpc) is 2.87. The third-order valence-corrected chi connectivity index (χ3v) is 10.9. The molecule has 198 valence electrons. The highest BCUT2D eigenvalue weighted by molar-refractivity contribution is 6.99. The monoisotopic (exact) mass is 521 g/mol. The second-order valence-electron chi connectivity index (χ2n) is 11.1. The van der Waals surface area contributed by atoms with Crippen molar-refractivity contribution in [3.63, 3.8) is 0 Å². The lowest BCUT2D eigenvalue weighted by molar-refractivity contribution is 0.0376. The Hall–Kier alpha value is -2.93. The smallest absolute Gasteiger partial charge is 0.408 e. The van der Waals surface area contributed by atoms with E-state index in [1.54, 1.807) is 20.8 Å². The van der Waals surface area contributed by atoms with E-state index in [-0.39, 0.29) is 18.3 Å². The molecule has 5 nitrogen and oxygen atoms in total. The second-order valence-corrected chi connectivity index (χ2v) is 15.4. The quantitative estimate of drug-likeness (QED) is 0.349. The largest absolute Gasteiger partial charge is 0.444 e. The third-order valence-electron chi connectivity index (χ3n) is 5.88. The van der Waals surface area contributed by atoms with Crippen LogP contribution in [0.1, 0.15) is 49.8 Å². The Morgan fingerprint density at radius 1 is 0.838 bits per heavy atom. The minimum absolute atomic E-state index is 0.0412. The fraction of sp³-hybridized carbons (Fsp3) is 0.387. The van der Waals surface area contributed by atoms with Gasteiger partial charge in [0.05, 0.1) is 28.6 Å². The second kappa shape index (κ2) is 12.5. The number of rotatable bonds is 10. The van der Waals surface area contributed by atoms with E-state index in [4.69, 9.17) is 16.6 Å². The van der Waals surface area contributed by atoms with Gasteiger partial charge in [0.2, 0.25) is 0 Å². The van der Waals surface area contributed by atoms with Gasteiger partial charge in [0.1, 0.15) is 5.60 Å². The Kier molecular flexibility index (Phi) is 8.71. The standard InChI is InChI=1S/C31H41NO4Si/c1-30(2,3)36-29(33)32-26(23-34-22-25-16-10-7-11-17-25)24-35-37(31(4,5)6,27-18-12-8-13-19-27)28-20-14-9-15-21-28/h7-21,26H,22-24H2,1-6H3,(H,32,33)/t26-/m1/s1/i23D2. The molecule has 0 fully saturated rings. The molecule has 1 amide bonds. The molecule has 0 spiro atoms. The molecule has 37 heavy (non-hydrogen) atoms. The first kappa shape index (κ1) is 25.7. The van der Waals surface area contributed by atoms with Gasteiger partial charge < -0.3 is 19.2 Å². The Morgan fingerprint density at radius 2 is 1.32 bits per heavy atom. The van der Waals surface area contributed by atoms with Crippen molar-refractivity contribution in [1.29, 1.82) is 0 Å². The highest BCUT2D eigenvalue weighted by atomic mass is 28.4. The van der Waals surface area contributed by atoms with E-state index in [1.807, 2.05) is 66.7 Å². The molecule has 0 aliphatic heterocycles. The lowest BCUT2D eigenvalue weighted by Gasteiger charge is -2.43. The molecule has 0 aliphatic carbocycles. The molecular formula is C31H41NO4Si. The van der Waals surface area contributed by atoms with E-state index in [2.05, 4.69) is 50.4 Å². The maximum Gasteiger partial charge on any atom is 0.408 e. The Labute approximate surface area is 226 Å². The molecule has 0 aliphatic rings. The summed E-state index contributed by atoms with van der Waals surface area (Å²) < 4.78 is 35.9. The summed E-state index contributed by atoms with van der Waals surface area (Å²) in [6, 6.07) is 28.4. The van der Waals surface area contributed by atoms with Gasteiger partial charge >= 0.3 is 6.09 Å². The third kappa shape index (κ3) is 8.02. The maximum absolute atomic E-state index is 12.9. The molecule has 3 aromatic carbocycles. The number of benzene rings is 3. The molecule has 0 bridgehead atoms. The van der Waals surface area contributed by atoms with Crippen molar-refractivity contribution in [1.82, 2.24) is 5.32 Å². The van der Waals surface area contributed by atoms with Crippen LogP contribution in [0.25, 0.3) is 0 Å². The van der Waals surface area contributed by atoms with Crippen molar-refractivity contribution in [2.45, 2.75) is 64.8 Å². The van der Waals surface area contributed by atoms with Gasteiger partial charge in [0.25, 0.3) is 8.32 Å². The van der Waals surface area contributed by atoms with Crippen LogP contribution < -0.4 is 15.7 Å². The van der Waals surface area contributed by atoms with E-state index in [1.165, 1.54) is 0 Å². The van der Waals surface area contributed by atoms with Crippen molar-refractivity contribution in [3.8, 4) is 0 Å². The number of carbonyl (C=O) groups excluding carboxylic acids is 1. The molecule has 0 saturated heterocycles. The van der Waals surface area contributed by atoms with E-state index in [0.29, 0.717) is 0 Å². The van der Waals surface area contributed by atoms with Crippen molar-refractivity contribution in [2.24, 2.45) is 0 Å². The SMILES string of the molecule is [2H]C([2H])(OCc1ccccc1)[C@H](CO[Si](c1ccccc1)(c1ccccc1)C(C)(C)C)NC(=O)OC(C)(C)C. The van der Waals surface area contributed by atoms with Crippen molar-refractivity contribution in [2.75, 3.05) is 13.2 Å². The lowest BCUT2D eigenvalue weighted by Crippen LogP contribution is -2.67. The lowest BCUT2D eigenvalue weighted by atomic mass is 10.2. The van der Waals surface area contributed by atoms with Gasteiger partial charge in [0, 0.05) is 0 Å². The fourth-order valence-corrected chi connectivity index (χ4v) is 8.90. The van der Waals surface area contributed by atoms with Crippen molar-refractivity contribution >= 4 is 24.8 Å². The van der Waals surface area contributed by atoms with Crippen LogP contribution in [0.4, 0.5) is 4.79 Å². The van der Waals surface area contributed by atoms with Crippen LogP contribution in [-0.4, -0.2) is 39.2 Å². The van der Waals surface area contributed by atoms with E-state index >= 15 is 0 Å². The number of alkyl carbamates (subject to hydrolysis) is 1. The normalized spacial score (nSPS) is 14.3. The first-order valence-electron chi connectivity index (χ1n) is 13.7. The summed E-state index contributed by atoms with van der Waals surface area (Å²) in [4.78, 5) is 12.9. The summed E-state index contributed by atoms with van der Waals surface area (Å²) in [6.07, 6.45) is -0.731. The van der Waals surface area contributed by atoms with Gasteiger partial charge in [-0.2, -0.15) is 0 Å². The number of hydrogen-bond acceptors (Lipinski definition) is 4. The van der Waals surface area contributed by atoms with Gasteiger partial charge in [-0.1, -0.05) is 112 Å². The zero-order valence-electron chi connectivity index (χ0n) is 24.8. The molecule has 0 unspecified atom stereocenters. The summed E-state index contributed by atoms with van der Waals surface area (Å²) in [5.41, 5.74) is 0.0794. The van der Waals surface area contributed by atoms with Gasteiger partial charge in [-0.3, -0.25) is 0 Å². The number of nitrogens with one attached hydrogen (secondary N) is 1. The number of amides is 1. The summed E-state index contributed by atoms with van der Waals surface area (Å²) in [7, 11) is -2.99. The van der Waals surface area contributed by atoms with Crippen molar-refractivity contribution in [3.05, 3.63) is 96.6 Å². The van der Waals surface area contributed by atoms with Crippen LogP contribution >= 0.6 is 0 Å². The van der Waals surface area contributed by atoms with Crippen LogP contribution in [0.2, 0.25) is 5.04 Å². The topological polar surface area (TPSA) is 56.8 Å². The summed E-state index contributed by atoms with van der Waals surface area (Å²) in [5.74, 6) is 0. The zero-order chi connectivity index (χ0) is 28.7. The van der Waals surface area contributed by atoms with Gasteiger partial charge in [-0.25, -0.2) is 4.79 Å². The number of ether oxygens (including phenoxy) is 2. The molecule has 0 radical (unpaired) electrons. The number of carbonyl (C=O) groups is 1. The molecular weight excluding hydrogens is 478 g/mol. The van der Waals surface area contributed by atoms with Gasteiger partial charge in [-0.05, 0) is 41.7 Å². The highest BCUT2D eigenvalue weighted by Gasteiger charge is 2.50. The minimum Gasteiger partial charge on any atom is -0.444 e. The number of hydrogen-bond donors (Lipinski definition) is 1. The summed E-state index contributed by atoms with van der Waals surface area (Å²) >= 11 is 0. The highest BCUT2D eigenvalue weighted by Crippen LogP contribution is 2.36. The zero-order valence-corrected chi connectivity index (χ0v) is 23.8. The molecule has 1 N–H and O–H groups in total. The average molecular weight is 522 g/mol. The predicted molar refractivity (Wildman–Crippen MR) is 153 cm³/mol. The van der Waals surface area contributed by atoms with E-state index < -0.39 is 32.6 Å². The van der Waals surface area contributed by atoms with E-state index in [9.17, 15) is 4.79 Å². The first-order chi connectivity index (χ1) is 18.2. The Balaban J connectivity index is 1.99. The van der Waals surface area contributed by atoms with Crippen LogP contribution in [0, 0.1) is 0 Å². The summed E-state index contributed by atoms with van der Waals surface area (Å²) in [6.45, 7) is 9.41. The molecule has 3 aromatic rings.